The second-order valence-electron chi connectivity index (χ2n) is 12.4. The van der Waals surface area contributed by atoms with E-state index in [1.54, 1.807) is 91.9 Å². The number of aromatic carboxylic acids is 2. The molecule has 0 fully saturated rings. The predicted octanol–water partition coefficient (Wildman–Crippen LogP) is 8.92. The van der Waals surface area contributed by atoms with Crippen LogP contribution in [0.25, 0.3) is 45.0 Å². The molecule has 0 atom stereocenters. The molecule has 0 aliphatic carbocycles. The van der Waals surface area contributed by atoms with Crippen LogP contribution >= 0.6 is 0 Å². The molecule has 0 aliphatic rings. The Kier molecular flexibility index (Phi) is 9.16. The van der Waals surface area contributed by atoms with Crippen molar-refractivity contribution in [2.45, 2.75) is 6.92 Å². The highest BCUT2D eigenvalue weighted by Gasteiger charge is 2.27. The zero-order valence-corrected chi connectivity index (χ0v) is 28.5. The molecule has 0 amide bonds. The zero-order valence-electron chi connectivity index (χ0n) is 28.5. The number of carbonyl (C=O) groups excluding carboxylic acids is 2. The molecule has 1 aromatic heterocycles. The minimum absolute atomic E-state index is 0.00517. The second kappa shape index (κ2) is 14.2. The number of nitrogens with zero attached hydrogens (tertiary/aromatic N) is 1. The van der Waals surface area contributed by atoms with E-state index in [0.717, 1.165) is 0 Å². The van der Waals surface area contributed by atoms with Crippen molar-refractivity contribution in [2.24, 2.45) is 0 Å². The topological polar surface area (TPSA) is 175 Å². The fourth-order valence-corrected chi connectivity index (χ4v) is 6.34. The first kappa shape index (κ1) is 34.8. The number of carbonyl (C=O) groups is 4. The summed E-state index contributed by atoms with van der Waals surface area (Å²) in [5.41, 5.74) is 2.83. The van der Waals surface area contributed by atoms with Gasteiger partial charge < -0.3 is 24.8 Å². The van der Waals surface area contributed by atoms with E-state index in [4.69, 9.17) is 4.42 Å². The zero-order chi connectivity index (χ0) is 38.1. The van der Waals surface area contributed by atoms with E-state index < -0.39 is 23.5 Å². The van der Waals surface area contributed by atoms with Gasteiger partial charge in [-0.2, -0.15) is 0 Å². The standard InChI is InChI=1S/C44H29NO9/c1-24-41(54-42(45-24)27-12-14-28(15-13-27)43(50)51)33-20-21-34(44(52)53)38(30-17-19-32(36(47)23-30)40(49)26-10-6-3-7-11-26)37(33)29-16-18-31(35(46)22-29)39(48)25-8-4-2-5-9-25/h2-23,46-47H,1H3,(H,50,51)(H,52,53). The van der Waals surface area contributed by atoms with Gasteiger partial charge in [0, 0.05) is 33.4 Å². The monoisotopic (exact) mass is 715 g/mol. The molecule has 7 rings (SSSR count). The predicted molar refractivity (Wildman–Crippen MR) is 200 cm³/mol. The van der Waals surface area contributed by atoms with Crippen LogP contribution in [0.15, 0.2) is 138 Å². The second-order valence-corrected chi connectivity index (χ2v) is 12.4. The van der Waals surface area contributed by atoms with Crippen molar-refractivity contribution in [3.8, 4) is 56.5 Å². The third kappa shape index (κ3) is 6.51. The maximum absolute atomic E-state index is 13.4. The molecule has 54 heavy (non-hydrogen) atoms. The highest BCUT2D eigenvalue weighted by Crippen LogP contribution is 2.46. The van der Waals surface area contributed by atoms with Crippen LogP contribution in [-0.2, 0) is 0 Å². The average molecular weight is 716 g/mol. The number of carboxylic acids is 2. The fourth-order valence-electron chi connectivity index (χ4n) is 6.34. The van der Waals surface area contributed by atoms with Gasteiger partial charge in [0.2, 0.25) is 5.89 Å². The van der Waals surface area contributed by atoms with Gasteiger partial charge in [0.05, 0.1) is 27.9 Å². The highest BCUT2D eigenvalue weighted by molar-refractivity contribution is 6.13. The summed E-state index contributed by atoms with van der Waals surface area (Å²) in [5, 5.41) is 42.4. The number of oxazole rings is 1. The number of rotatable bonds is 10. The molecule has 0 bridgehead atoms. The molecule has 10 heteroatoms. The largest absolute Gasteiger partial charge is 0.507 e. The lowest BCUT2D eigenvalue weighted by atomic mass is 9.84. The van der Waals surface area contributed by atoms with Crippen molar-refractivity contribution in [2.75, 3.05) is 0 Å². The molecule has 0 saturated heterocycles. The van der Waals surface area contributed by atoms with Gasteiger partial charge in [-0.05, 0) is 78.7 Å². The molecule has 0 unspecified atom stereocenters. The quantitative estimate of drug-likeness (QED) is 0.100. The van der Waals surface area contributed by atoms with Gasteiger partial charge in [0.15, 0.2) is 17.3 Å². The average Bonchev–Trinajstić information content (AvgIpc) is 3.58. The number of aryl methyl sites for hydroxylation is 1. The summed E-state index contributed by atoms with van der Waals surface area (Å²) in [6.07, 6.45) is 0. The Bertz CT molecular complexity index is 2610. The summed E-state index contributed by atoms with van der Waals surface area (Å²) in [7, 11) is 0. The minimum Gasteiger partial charge on any atom is -0.507 e. The Balaban J connectivity index is 1.45. The first-order valence-corrected chi connectivity index (χ1v) is 16.6. The molecule has 7 aromatic rings. The molecular weight excluding hydrogens is 686 g/mol. The van der Waals surface area contributed by atoms with Crippen LogP contribution in [0.1, 0.15) is 58.3 Å². The van der Waals surface area contributed by atoms with Crippen LogP contribution in [-0.4, -0.2) is 48.9 Å². The Hall–Kier alpha value is -7.59. The van der Waals surface area contributed by atoms with E-state index in [1.807, 2.05) is 0 Å². The molecule has 264 valence electrons. The molecule has 0 aliphatic heterocycles. The van der Waals surface area contributed by atoms with Gasteiger partial charge in [0.25, 0.3) is 0 Å². The van der Waals surface area contributed by atoms with Crippen molar-refractivity contribution >= 4 is 23.5 Å². The number of ketones is 2. The fraction of sp³-hybridized carbons (Fsp3) is 0.0227. The summed E-state index contributed by atoms with van der Waals surface area (Å²) in [6.45, 7) is 1.69. The SMILES string of the molecule is Cc1nc(-c2ccc(C(=O)O)cc2)oc1-c1ccc(C(=O)O)c(-c2ccc(C(=O)c3ccccc3)c(O)c2)c1-c1ccc(C(=O)c2ccccc2)c(O)c1. The van der Waals surface area contributed by atoms with Crippen LogP contribution in [0.5, 0.6) is 11.5 Å². The molecule has 6 aromatic carbocycles. The van der Waals surface area contributed by atoms with Crippen LogP contribution in [0.4, 0.5) is 0 Å². The summed E-state index contributed by atoms with van der Waals surface area (Å²) < 4.78 is 6.30. The van der Waals surface area contributed by atoms with E-state index in [1.165, 1.54) is 48.5 Å². The number of aromatic hydroxyl groups is 2. The first-order valence-electron chi connectivity index (χ1n) is 16.6. The van der Waals surface area contributed by atoms with Gasteiger partial charge >= 0.3 is 11.9 Å². The third-order valence-corrected chi connectivity index (χ3v) is 8.99. The van der Waals surface area contributed by atoms with Crippen LogP contribution in [0.2, 0.25) is 0 Å². The van der Waals surface area contributed by atoms with Crippen LogP contribution < -0.4 is 0 Å². The van der Waals surface area contributed by atoms with Gasteiger partial charge in [-0.15, -0.1) is 0 Å². The molecule has 4 N–H and O–H groups in total. The molecule has 10 nitrogen and oxygen atoms in total. The highest BCUT2D eigenvalue weighted by atomic mass is 16.4. The third-order valence-electron chi connectivity index (χ3n) is 8.99. The Morgan fingerprint density at radius 2 is 1.00 bits per heavy atom. The van der Waals surface area contributed by atoms with Gasteiger partial charge in [0.1, 0.15) is 11.5 Å². The molecular formula is C44H29NO9. The summed E-state index contributed by atoms with van der Waals surface area (Å²) in [4.78, 5) is 55.5. The number of carboxylic acid groups (broad SMARTS) is 2. The maximum Gasteiger partial charge on any atom is 0.336 e. The Morgan fingerprint density at radius 1 is 0.519 bits per heavy atom. The molecule has 1 heterocycles. The number of benzene rings is 6. The van der Waals surface area contributed by atoms with Crippen molar-refractivity contribution in [1.29, 1.82) is 0 Å². The van der Waals surface area contributed by atoms with E-state index in [9.17, 15) is 39.6 Å². The maximum atomic E-state index is 13.4. The van der Waals surface area contributed by atoms with Crippen LogP contribution in [0.3, 0.4) is 0 Å². The number of phenols is 2. The van der Waals surface area contributed by atoms with E-state index >= 15 is 0 Å². The number of hydrogen-bond acceptors (Lipinski definition) is 8. The van der Waals surface area contributed by atoms with E-state index in [0.29, 0.717) is 33.5 Å². The Labute approximate surface area is 307 Å². The number of hydrogen-bond donors (Lipinski definition) is 4. The van der Waals surface area contributed by atoms with Gasteiger partial charge in [-0.1, -0.05) is 72.8 Å². The lowest BCUT2D eigenvalue weighted by Gasteiger charge is -2.19. The molecule has 0 saturated carbocycles. The number of phenolic OH excluding ortho intramolecular Hbond substituents is 2. The van der Waals surface area contributed by atoms with E-state index in [-0.39, 0.29) is 62.1 Å². The smallest absolute Gasteiger partial charge is 0.336 e. The Morgan fingerprint density at radius 3 is 1.48 bits per heavy atom. The molecule has 0 radical (unpaired) electrons. The van der Waals surface area contributed by atoms with Gasteiger partial charge in [-0.25, -0.2) is 14.6 Å². The first-order chi connectivity index (χ1) is 26.0. The minimum atomic E-state index is -1.30. The number of aromatic nitrogens is 1. The van der Waals surface area contributed by atoms with Crippen molar-refractivity contribution < 1.29 is 44.0 Å². The van der Waals surface area contributed by atoms with Crippen molar-refractivity contribution in [1.82, 2.24) is 4.98 Å². The summed E-state index contributed by atoms with van der Waals surface area (Å²) >= 11 is 0. The normalized spacial score (nSPS) is 10.9. The van der Waals surface area contributed by atoms with Crippen molar-refractivity contribution in [3.63, 3.8) is 0 Å². The lowest BCUT2D eigenvalue weighted by Crippen LogP contribution is -2.05. The lowest BCUT2D eigenvalue weighted by molar-refractivity contribution is 0.0686. The van der Waals surface area contributed by atoms with Crippen LogP contribution in [0, 0.1) is 6.92 Å². The molecule has 0 spiro atoms. The van der Waals surface area contributed by atoms with Gasteiger partial charge in [-0.3, -0.25) is 9.59 Å². The summed E-state index contributed by atoms with van der Waals surface area (Å²) in [5.74, 6) is -3.58. The van der Waals surface area contributed by atoms with E-state index in [2.05, 4.69) is 4.98 Å². The summed E-state index contributed by atoms with van der Waals surface area (Å²) in [6, 6.07) is 34.3. The van der Waals surface area contributed by atoms with Crippen molar-refractivity contribution in [3.05, 3.63) is 173 Å².